The van der Waals surface area contributed by atoms with Gasteiger partial charge < -0.3 is 4.74 Å². The summed E-state index contributed by atoms with van der Waals surface area (Å²) in [7, 11) is 0. The van der Waals surface area contributed by atoms with Gasteiger partial charge in [-0.15, -0.1) is 0 Å². The van der Waals surface area contributed by atoms with Crippen molar-refractivity contribution in [3.05, 3.63) is 28.3 Å². The highest BCUT2D eigenvalue weighted by Gasteiger charge is 2.15. The smallest absolute Gasteiger partial charge is 0.122 e. The summed E-state index contributed by atoms with van der Waals surface area (Å²) in [5.41, 5.74) is 5.18. The molecule has 0 bridgehead atoms. The first-order valence-corrected chi connectivity index (χ1v) is 6.63. The number of rotatable bonds is 5. The van der Waals surface area contributed by atoms with Gasteiger partial charge in [0.2, 0.25) is 0 Å². The molecule has 1 atom stereocenters. The van der Waals surface area contributed by atoms with Crippen molar-refractivity contribution in [1.82, 2.24) is 0 Å². The number of nitrogens with zero attached hydrogens (tertiary/aromatic N) is 1. The molecule has 98 valence electrons. The summed E-state index contributed by atoms with van der Waals surface area (Å²) < 4.78 is 5.66. The number of ether oxygens (including phenoxy) is 1. The molecule has 2 heteroatoms. The van der Waals surface area contributed by atoms with Crippen LogP contribution in [0.15, 0.2) is 6.07 Å². The molecule has 1 unspecified atom stereocenters. The predicted molar refractivity (Wildman–Crippen MR) is 75.1 cm³/mol. The van der Waals surface area contributed by atoms with Crippen LogP contribution in [0.4, 0.5) is 0 Å². The van der Waals surface area contributed by atoms with Crippen molar-refractivity contribution in [3.63, 3.8) is 0 Å². The van der Waals surface area contributed by atoms with Gasteiger partial charge in [0.15, 0.2) is 0 Å². The Morgan fingerprint density at radius 2 is 1.94 bits per heavy atom. The number of aryl methyl sites for hydroxylation is 1. The second-order valence-corrected chi connectivity index (χ2v) is 4.89. The first kappa shape index (κ1) is 14.6. The van der Waals surface area contributed by atoms with Crippen LogP contribution in [0.1, 0.15) is 54.9 Å². The molecule has 2 nitrogen and oxygen atoms in total. The van der Waals surface area contributed by atoms with E-state index in [0.29, 0.717) is 18.9 Å². The maximum absolute atomic E-state index is 8.70. The van der Waals surface area contributed by atoms with Gasteiger partial charge in [-0.2, -0.15) is 5.26 Å². The van der Waals surface area contributed by atoms with Crippen LogP contribution < -0.4 is 4.74 Å². The first-order chi connectivity index (χ1) is 8.52. The van der Waals surface area contributed by atoms with Gasteiger partial charge in [-0.1, -0.05) is 6.92 Å². The van der Waals surface area contributed by atoms with Crippen molar-refractivity contribution in [1.29, 1.82) is 5.26 Å². The Bertz CT molecular complexity index is 457. The molecule has 0 heterocycles. The standard InChI is InChI=1S/C16H23NO/c1-6-18-15-10-12(3)16(14(5)13(15)4)11(2)8-7-9-17/h10-11H,6-8H2,1-5H3. The van der Waals surface area contributed by atoms with Gasteiger partial charge in [0.25, 0.3) is 0 Å². The molecular formula is C16H23NO. The van der Waals surface area contributed by atoms with Crippen LogP contribution in [0.25, 0.3) is 0 Å². The zero-order chi connectivity index (χ0) is 13.7. The van der Waals surface area contributed by atoms with E-state index in [-0.39, 0.29) is 0 Å². The van der Waals surface area contributed by atoms with Crippen LogP contribution in [0.2, 0.25) is 0 Å². The fraction of sp³-hybridized carbons (Fsp3) is 0.562. The van der Waals surface area contributed by atoms with Crippen LogP contribution in [0.3, 0.4) is 0 Å². The van der Waals surface area contributed by atoms with Gasteiger partial charge in [-0.05, 0) is 68.4 Å². The second-order valence-electron chi connectivity index (χ2n) is 4.89. The fourth-order valence-electron chi connectivity index (χ4n) is 2.55. The summed E-state index contributed by atoms with van der Waals surface area (Å²) in [6, 6.07) is 4.36. The van der Waals surface area contributed by atoms with E-state index in [0.717, 1.165) is 12.2 Å². The van der Waals surface area contributed by atoms with Crippen LogP contribution in [-0.2, 0) is 0 Å². The molecule has 18 heavy (non-hydrogen) atoms. The molecule has 1 rings (SSSR count). The van der Waals surface area contributed by atoms with Crippen LogP contribution in [0.5, 0.6) is 5.75 Å². The van der Waals surface area contributed by atoms with Crippen molar-refractivity contribution in [3.8, 4) is 11.8 Å². The van der Waals surface area contributed by atoms with E-state index in [1.807, 2.05) is 6.92 Å². The molecule has 0 aliphatic heterocycles. The summed E-state index contributed by atoms with van der Waals surface area (Å²) in [5, 5.41) is 8.70. The third-order valence-electron chi connectivity index (χ3n) is 3.59. The number of hydrogen-bond donors (Lipinski definition) is 0. The normalized spacial score (nSPS) is 12.0. The van der Waals surface area contributed by atoms with E-state index in [2.05, 4.69) is 39.8 Å². The lowest BCUT2D eigenvalue weighted by Gasteiger charge is -2.21. The third-order valence-corrected chi connectivity index (χ3v) is 3.59. The Kier molecular flexibility index (Phi) is 5.22. The number of benzene rings is 1. The van der Waals surface area contributed by atoms with Crippen LogP contribution in [0, 0.1) is 32.1 Å². The quantitative estimate of drug-likeness (QED) is 0.769. The Morgan fingerprint density at radius 3 is 2.50 bits per heavy atom. The van der Waals surface area contributed by atoms with Gasteiger partial charge in [0, 0.05) is 6.42 Å². The molecule has 0 aliphatic rings. The van der Waals surface area contributed by atoms with Crippen LogP contribution >= 0.6 is 0 Å². The highest BCUT2D eigenvalue weighted by atomic mass is 16.5. The fourth-order valence-corrected chi connectivity index (χ4v) is 2.55. The zero-order valence-electron chi connectivity index (χ0n) is 12.1. The summed E-state index contributed by atoms with van der Waals surface area (Å²) >= 11 is 0. The van der Waals surface area contributed by atoms with E-state index >= 15 is 0 Å². The second kappa shape index (κ2) is 6.44. The lowest BCUT2D eigenvalue weighted by Crippen LogP contribution is -2.04. The van der Waals surface area contributed by atoms with E-state index in [9.17, 15) is 0 Å². The van der Waals surface area contributed by atoms with E-state index < -0.39 is 0 Å². The minimum atomic E-state index is 0.430. The SMILES string of the molecule is CCOc1cc(C)c(C(C)CCC#N)c(C)c1C. The lowest BCUT2D eigenvalue weighted by molar-refractivity contribution is 0.337. The molecule has 0 N–H and O–H groups in total. The summed E-state index contributed by atoms with van der Waals surface area (Å²) in [5.74, 6) is 1.42. The largest absolute Gasteiger partial charge is 0.494 e. The molecule has 0 radical (unpaired) electrons. The molecule has 1 aromatic rings. The van der Waals surface area contributed by atoms with Gasteiger partial charge in [-0.25, -0.2) is 0 Å². The summed E-state index contributed by atoms with van der Waals surface area (Å²) in [4.78, 5) is 0. The topological polar surface area (TPSA) is 33.0 Å². The zero-order valence-corrected chi connectivity index (χ0v) is 12.1. The minimum Gasteiger partial charge on any atom is -0.494 e. The molecule has 0 aromatic heterocycles. The van der Waals surface area contributed by atoms with Crippen molar-refractivity contribution < 1.29 is 4.74 Å². The van der Waals surface area contributed by atoms with Crippen molar-refractivity contribution >= 4 is 0 Å². The van der Waals surface area contributed by atoms with Gasteiger partial charge in [0.1, 0.15) is 5.75 Å². The Balaban J connectivity index is 3.14. The molecule has 0 amide bonds. The van der Waals surface area contributed by atoms with Crippen molar-refractivity contribution in [2.45, 2.75) is 53.4 Å². The molecule has 0 saturated heterocycles. The van der Waals surface area contributed by atoms with Crippen molar-refractivity contribution in [2.75, 3.05) is 6.61 Å². The molecule has 0 saturated carbocycles. The highest BCUT2D eigenvalue weighted by Crippen LogP contribution is 2.34. The molecule has 0 spiro atoms. The predicted octanol–water partition coefficient (Wildman–Crippen LogP) is 4.42. The van der Waals surface area contributed by atoms with E-state index in [4.69, 9.17) is 10.00 Å². The van der Waals surface area contributed by atoms with Gasteiger partial charge in [-0.3, -0.25) is 0 Å². The lowest BCUT2D eigenvalue weighted by atomic mass is 9.86. The van der Waals surface area contributed by atoms with Crippen LogP contribution in [-0.4, -0.2) is 6.61 Å². The van der Waals surface area contributed by atoms with E-state index in [1.54, 1.807) is 0 Å². The maximum Gasteiger partial charge on any atom is 0.122 e. The maximum atomic E-state index is 8.70. The average Bonchev–Trinajstić information content (AvgIpc) is 2.33. The monoisotopic (exact) mass is 245 g/mol. The molecular weight excluding hydrogens is 222 g/mol. The Labute approximate surface area is 111 Å². The average molecular weight is 245 g/mol. The Morgan fingerprint density at radius 1 is 1.28 bits per heavy atom. The minimum absolute atomic E-state index is 0.430. The Hall–Kier alpha value is -1.49. The third kappa shape index (κ3) is 3.04. The molecule has 1 aromatic carbocycles. The summed E-state index contributed by atoms with van der Waals surface area (Å²) in [6.45, 7) is 11.3. The summed E-state index contributed by atoms with van der Waals surface area (Å²) in [6.07, 6.45) is 1.54. The number of nitriles is 1. The number of hydrogen-bond acceptors (Lipinski definition) is 2. The van der Waals surface area contributed by atoms with Crippen molar-refractivity contribution in [2.24, 2.45) is 0 Å². The highest BCUT2D eigenvalue weighted by molar-refractivity contribution is 5.49. The van der Waals surface area contributed by atoms with Gasteiger partial charge >= 0.3 is 0 Å². The molecule has 0 aliphatic carbocycles. The molecule has 0 fully saturated rings. The first-order valence-electron chi connectivity index (χ1n) is 6.63. The van der Waals surface area contributed by atoms with E-state index in [1.165, 1.54) is 22.3 Å². The van der Waals surface area contributed by atoms with Gasteiger partial charge in [0.05, 0.1) is 12.7 Å².